The molecule has 6 heteroatoms. The molecule has 0 aromatic carbocycles. The number of esters is 1. The quantitative estimate of drug-likeness (QED) is 0.591. The lowest BCUT2D eigenvalue weighted by Crippen LogP contribution is -2.64. The van der Waals surface area contributed by atoms with Gasteiger partial charge in [-0.2, -0.15) is 0 Å². The number of fused-ring (bicyclic) bond motifs is 5. The fourth-order valence-electron chi connectivity index (χ4n) is 8.18. The van der Waals surface area contributed by atoms with Crippen LogP contribution < -0.4 is 0 Å². The van der Waals surface area contributed by atoms with Gasteiger partial charge in [0.25, 0.3) is 0 Å². The Kier molecular flexibility index (Phi) is 6.24. The van der Waals surface area contributed by atoms with E-state index in [2.05, 4.69) is 6.92 Å². The zero-order chi connectivity index (χ0) is 24.2. The fraction of sp³-hybridized carbons (Fsp3) is 0.741. The zero-order valence-electron chi connectivity index (χ0n) is 20.3. The highest BCUT2D eigenvalue weighted by molar-refractivity contribution is 6.01. The molecule has 182 valence electrons. The van der Waals surface area contributed by atoms with Gasteiger partial charge < -0.3 is 14.9 Å². The first kappa shape index (κ1) is 24.3. The van der Waals surface area contributed by atoms with Gasteiger partial charge in [0, 0.05) is 29.1 Å². The van der Waals surface area contributed by atoms with Crippen molar-refractivity contribution in [3.8, 4) is 0 Å². The van der Waals surface area contributed by atoms with E-state index in [1.54, 1.807) is 12.2 Å². The molecule has 0 aliphatic heterocycles. The van der Waals surface area contributed by atoms with Crippen molar-refractivity contribution in [3.63, 3.8) is 0 Å². The molecule has 4 aliphatic rings. The molecule has 33 heavy (non-hydrogen) atoms. The summed E-state index contributed by atoms with van der Waals surface area (Å²) in [6.07, 6.45) is 8.97. The van der Waals surface area contributed by atoms with E-state index in [1.165, 1.54) is 0 Å². The standard InChI is InChI=1S/C27H38O6/c1-5-6-7-23(32)33-27(22(31)15-28)16(2)12-20-19-9-8-17-13-18(29)10-11-25(17,3)24(19)21(30)14-26(20,27)4/h10-11,13,16,19-21,24,28,30H,5-9,12,14-15H2,1-4H3. The average Bonchev–Trinajstić information content (AvgIpc) is 2.99. The van der Waals surface area contributed by atoms with E-state index in [4.69, 9.17) is 4.74 Å². The molecule has 0 bridgehead atoms. The molecule has 3 saturated carbocycles. The Labute approximate surface area is 196 Å². The summed E-state index contributed by atoms with van der Waals surface area (Å²) in [5, 5.41) is 21.5. The summed E-state index contributed by atoms with van der Waals surface area (Å²) in [5.41, 5.74) is -1.52. The van der Waals surface area contributed by atoms with E-state index in [0.29, 0.717) is 19.3 Å². The molecular weight excluding hydrogens is 420 g/mol. The maximum atomic E-state index is 13.3. The molecule has 0 aromatic heterocycles. The van der Waals surface area contributed by atoms with E-state index in [1.807, 2.05) is 26.8 Å². The van der Waals surface area contributed by atoms with E-state index in [-0.39, 0.29) is 35.9 Å². The molecule has 2 N–H and O–H groups in total. The predicted octanol–water partition coefficient (Wildman–Crippen LogP) is 3.54. The van der Waals surface area contributed by atoms with Gasteiger partial charge in [0.05, 0.1) is 6.10 Å². The Morgan fingerprint density at radius 2 is 2.00 bits per heavy atom. The van der Waals surface area contributed by atoms with Gasteiger partial charge in [-0.3, -0.25) is 14.4 Å². The van der Waals surface area contributed by atoms with Gasteiger partial charge in [0.2, 0.25) is 5.78 Å². The lowest BCUT2D eigenvalue weighted by atomic mass is 9.46. The van der Waals surface area contributed by atoms with Crippen molar-refractivity contribution in [2.45, 2.75) is 84.3 Å². The first-order chi connectivity index (χ1) is 15.5. The lowest BCUT2D eigenvalue weighted by molar-refractivity contribution is -0.205. The van der Waals surface area contributed by atoms with Crippen molar-refractivity contribution in [1.82, 2.24) is 0 Å². The number of ether oxygens (including phenoxy) is 1. The number of carbonyl (C=O) groups is 3. The predicted molar refractivity (Wildman–Crippen MR) is 123 cm³/mol. The van der Waals surface area contributed by atoms with E-state index in [9.17, 15) is 24.6 Å². The zero-order valence-corrected chi connectivity index (χ0v) is 20.3. The number of unbranched alkanes of at least 4 members (excludes halogenated alkanes) is 1. The third-order valence-electron chi connectivity index (χ3n) is 9.60. The van der Waals surface area contributed by atoms with Crippen molar-refractivity contribution < 1.29 is 29.3 Å². The SMILES string of the molecule is CCCCC(=O)OC1(C(=O)CO)C(C)CC2C3CCC4=CC(=O)C=CC4(C)C3C(O)CC21C. The number of hydrogen-bond donors (Lipinski definition) is 2. The second-order valence-electron chi connectivity index (χ2n) is 11.2. The van der Waals surface area contributed by atoms with Crippen LogP contribution in [0.4, 0.5) is 0 Å². The molecule has 3 fully saturated rings. The minimum Gasteiger partial charge on any atom is -0.450 e. The molecule has 0 aromatic rings. The summed E-state index contributed by atoms with van der Waals surface area (Å²) in [7, 11) is 0. The molecule has 4 rings (SSSR count). The van der Waals surface area contributed by atoms with Crippen LogP contribution in [0.25, 0.3) is 0 Å². The number of allylic oxidation sites excluding steroid dienone is 4. The maximum absolute atomic E-state index is 13.3. The van der Waals surface area contributed by atoms with Crippen LogP contribution in [0.5, 0.6) is 0 Å². The van der Waals surface area contributed by atoms with Crippen LogP contribution in [0.15, 0.2) is 23.8 Å². The van der Waals surface area contributed by atoms with Crippen molar-refractivity contribution in [2.75, 3.05) is 6.61 Å². The molecule has 8 unspecified atom stereocenters. The minimum atomic E-state index is -1.43. The van der Waals surface area contributed by atoms with Crippen LogP contribution in [0.3, 0.4) is 0 Å². The Morgan fingerprint density at radius 1 is 1.27 bits per heavy atom. The van der Waals surface area contributed by atoms with Gasteiger partial charge in [-0.1, -0.05) is 45.8 Å². The Balaban J connectivity index is 1.75. The highest BCUT2D eigenvalue weighted by Gasteiger charge is 2.72. The van der Waals surface area contributed by atoms with Crippen LogP contribution in [-0.4, -0.2) is 46.1 Å². The van der Waals surface area contributed by atoms with Crippen molar-refractivity contribution in [2.24, 2.45) is 34.5 Å². The van der Waals surface area contributed by atoms with Crippen molar-refractivity contribution in [3.05, 3.63) is 23.8 Å². The third kappa shape index (κ3) is 3.39. The highest BCUT2D eigenvalue weighted by atomic mass is 16.6. The van der Waals surface area contributed by atoms with E-state index in [0.717, 1.165) is 24.8 Å². The molecule has 0 amide bonds. The van der Waals surface area contributed by atoms with Gasteiger partial charge >= 0.3 is 5.97 Å². The van der Waals surface area contributed by atoms with Crippen LogP contribution in [0, 0.1) is 34.5 Å². The van der Waals surface area contributed by atoms with E-state index < -0.39 is 40.9 Å². The Bertz CT molecular complexity index is 904. The number of carbonyl (C=O) groups excluding carboxylic acids is 3. The second kappa shape index (κ2) is 8.46. The van der Waals surface area contributed by atoms with Crippen LogP contribution in [0.1, 0.15) is 72.6 Å². The molecule has 0 saturated heterocycles. The summed E-state index contributed by atoms with van der Waals surface area (Å²) < 4.78 is 6.08. The fourth-order valence-corrected chi connectivity index (χ4v) is 8.18. The monoisotopic (exact) mass is 458 g/mol. The largest absolute Gasteiger partial charge is 0.450 e. The summed E-state index contributed by atoms with van der Waals surface area (Å²) in [4.78, 5) is 38.2. The number of hydrogen-bond acceptors (Lipinski definition) is 6. The van der Waals surface area contributed by atoms with Gasteiger partial charge in [-0.25, -0.2) is 0 Å². The number of aliphatic hydroxyl groups excluding tert-OH is 2. The summed E-state index contributed by atoms with van der Waals surface area (Å²) >= 11 is 0. The number of rotatable bonds is 6. The average molecular weight is 459 g/mol. The molecule has 0 radical (unpaired) electrons. The topological polar surface area (TPSA) is 101 Å². The molecular formula is C27H38O6. The molecule has 8 atom stereocenters. The highest BCUT2D eigenvalue weighted by Crippen LogP contribution is 2.69. The smallest absolute Gasteiger partial charge is 0.306 e. The summed E-state index contributed by atoms with van der Waals surface area (Å²) in [6.45, 7) is 7.34. The third-order valence-corrected chi connectivity index (χ3v) is 9.60. The van der Waals surface area contributed by atoms with Crippen LogP contribution in [0.2, 0.25) is 0 Å². The summed E-state index contributed by atoms with van der Waals surface area (Å²) in [6, 6.07) is 0. The normalized spacial score (nSPS) is 43.9. The molecule has 0 heterocycles. The van der Waals surface area contributed by atoms with E-state index >= 15 is 0 Å². The number of Topliss-reactive ketones (excluding diaryl/α,β-unsaturated/α-hetero) is 1. The van der Waals surface area contributed by atoms with Gasteiger partial charge in [-0.15, -0.1) is 0 Å². The van der Waals surface area contributed by atoms with Crippen molar-refractivity contribution in [1.29, 1.82) is 0 Å². The lowest BCUT2D eigenvalue weighted by Gasteiger charge is -2.60. The molecule has 0 spiro atoms. The van der Waals surface area contributed by atoms with Gasteiger partial charge in [0.15, 0.2) is 11.4 Å². The molecule has 4 aliphatic carbocycles. The number of aliphatic hydroxyl groups is 2. The van der Waals surface area contributed by atoms with Gasteiger partial charge in [-0.05, 0) is 56.1 Å². The van der Waals surface area contributed by atoms with Crippen LogP contribution in [-0.2, 0) is 19.1 Å². The Morgan fingerprint density at radius 3 is 2.67 bits per heavy atom. The van der Waals surface area contributed by atoms with Gasteiger partial charge in [0.1, 0.15) is 6.61 Å². The van der Waals surface area contributed by atoms with Crippen LogP contribution >= 0.6 is 0 Å². The second-order valence-corrected chi connectivity index (χ2v) is 11.2. The first-order valence-electron chi connectivity index (χ1n) is 12.5. The number of ketones is 2. The van der Waals surface area contributed by atoms with Crippen molar-refractivity contribution >= 4 is 17.5 Å². The molecule has 6 nitrogen and oxygen atoms in total. The summed E-state index contributed by atoms with van der Waals surface area (Å²) in [5.74, 6) is -0.986. The first-order valence-corrected chi connectivity index (χ1v) is 12.5. The Hall–Kier alpha value is -1.79. The minimum absolute atomic E-state index is 0.00268. The maximum Gasteiger partial charge on any atom is 0.306 e.